The van der Waals surface area contributed by atoms with E-state index in [1.54, 1.807) is 16.6 Å². The molecule has 1 amide bonds. The Kier molecular flexibility index (Phi) is 7.18. The van der Waals surface area contributed by atoms with E-state index in [0.29, 0.717) is 36.6 Å². The van der Waals surface area contributed by atoms with Crippen molar-refractivity contribution in [3.05, 3.63) is 99.2 Å². The highest BCUT2D eigenvalue weighted by Gasteiger charge is 2.31. The molecule has 2 aromatic carbocycles. The van der Waals surface area contributed by atoms with E-state index in [4.69, 9.17) is 14.5 Å². The number of methoxy groups -OCH3 is 1. The van der Waals surface area contributed by atoms with Crippen LogP contribution in [0.15, 0.2) is 65.5 Å². The third kappa shape index (κ3) is 4.93. The highest BCUT2D eigenvalue weighted by atomic mass is 16.6. The van der Waals surface area contributed by atoms with Crippen molar-refractivity contribution in [3.8, 4) is 0 Å². The highest BCUT2D eigenvalue weighted by molar-refractivity contribution is 5.68. The summed E-state index contributed by atoms with van der Waals surface area (Å²) in [6.45, 7) is 2.60. The first-order valence-electron chi connectivity index (χ1n) is 12.7. The van der Waals surface area contributed by atoms with Crippen molar-refractivity contribution in [2.24, 2.45) is 0 Å². The van der Waals surface area contributed by atoms with Gasteiger partial charge in [-0.05, 0) is 50.2 Å². The molecule has 0 atom stereocenters. The average Bonchev–Trinajstić information content (AvgIpc) is 2.92. The number of carbonyl (C=O) groups is 1. The zero-order valence-electron chi connectivity index (χ0n) is 20.9. The number of amides is 1. The number of carbonyl (C=O) groups excluding carboxylic acids is 1. The maximum Gasteiger partial charge on any atom is 0.410 e. The number of benzene rings is 2. The van der Waals surface area contributed by atoms with Crippen molar-refractivity contribution in [3.63, 3.8) is 0 Å². The number of rotatable bonds is 5. The molecule has 0 N–H and O–H groups in total. The van der Waals surface area contributed by atoms with Crippen LogP contribution < -0.4 is 5.56 Å². The molecule has 0 saturated heterocycles. The van der Waals surface area contributed by atoms with Crippen LogP contribution in [0.3, 0.4) is 0 Å². The molecule has 188 valence electrons. The monoisotopic (exact) mass is 487 g/mol. The predicted octanol–water partition coefficient (Wildman–Crippen LogP) is 4.64. The zero-order valence-corrected chi connectivity index (χ0v) is 20.9. The van der Waals surface area contributed by atoms with E-state index in [2.05, 4.69) is 0 Å². The number of nitrogens with zero attached hydrogens (tertiary/aromatic N) is 3. The molecule has 2 heterocycles. The number of ether oxygens (including phenoxy) is 2. The molecule has 1 aliphatic heterocycles. The lowest BCUT2D eigenvalue weighted by atomic mass is 9.95. The smallest absolute Gasteiger partial charge is 0.410 e. The molecule has 0 spiro atoms. The number of aryl methyl sites for hydroxylation is 1. The standard InChI is InChI=1S/C29H33N3O4/c1-20-30-26-19-31(29(34)36-24-15-13-23(35-2)14-16-24)18-17-25(26)28(33)32(20)27(21-9-5-3-6-10-21)22-11-7-4-8-12-22/h3-12,23-24,27H,13-19H2,1-2H3/t23-,24+. The molecule has 0 radical (unpaired) electrons. The summed E-state index contributed by atoms with van der Waals surface area (Å²) < 4.78 is 13.0. The number of hydrogen-bond donors (Lipinski definition) is 0. The lowest BCUT2D eigenvalue weighted by Crippen LogP contribution is -2.43. The van der Waals surface area contributed by atoms with Crippen molar-refractivity contribution in [2.45, 2.75) is 63.8 Å². The molecule has 1 aromatic heterocycles. The molecule has 36 heavy (non-hydrogen) atoms. The van der Waals surface area contributed by atoms with Crippen LogP contribution in [0, 0.1) is 6.92 Å². The van der Waals surface area contributed by atoms with Crippen molar-refractivity contribution >= 4 is 6.09 Å². The molecule has 0 unspecified atom stereocenters. The lowest BCUT2D eigenvalue weighted by Gasteiger charge is -2.32. The predicted molar refractivity (Wildman–Crippen MR) is 137 cm³/mol. The van der Waals surface area contributed by atoms with E-state index in [9.17, 15) is 9.59 Å². The van der Waals surface area contributed by atoms with Gasteiger partial charge in [-0.1, -0.05) is 60.7 Å². The third-order valence-electron chi connectivity index (χ3n) is 7.41. The summed E-state index contributed by atoms with van der Waals surface area (Å²) in [6, 6.07) is 19.8. The van der Waals surface area contributed by atoms with Crippen LogP contribution in [-0.4, -0.2) is 46.4 Å². The topological polar surface area (TPSA) is 73.7 Å². The van der Waals surface area contributed by atoms with Crippen LogP contribution in [0.2, 0.25) is 0 Å². The average molecular weight is 488 g/mol. The second kappa shape index (κ2) is 10.7. The maximum absolute atomic E-state index is 13.9. The van der Waals surface area contributed by atoms with E-state index in [1.807, 2.05) is 67.6 Å². The van der Waals surface area contributed by atoms with E-state index < -0.39 is 0 Å². The molecule has 1 aliphatic carbocycles. The summed E-state index contributed by atoms with van der Waals surface area (Å²) in [4.78, 5) is 33.3. The highest BCUT2D eigenvalue weighted by Crippen LogP contribution is 2.28. The van der Waals surface area contributed by atoms with E-state index in [-0.39, 0.29) is 29.9 Å². The minimum Gasteiger partial charge on any atom is -0.446 e. The fourth-order valence-electron chi connectivity index (χ4n) is 5.45. The van der Waals surface area contributed by atoms with Gasteiger partial charge >= 0.3 is 6.09 Å². The van der Waals surface area contributed by atoms with Gasteiger partial charge in [0.2, 0.25) is 0 Å². The van der Waals surface area contributed by atoms with Crippen LogP contribution >= 0.6 is 0 Å². The van der Waals surface area contributed by atoms with Crippen LogP contribution in [0.1, 0.15) is 59.9 Å². The minimum absolute atomic E-state index is 0.0406. The van der Waals surface area contributed by atoms with Gasteiger partial charge in [0.1, 0.15) is 11.9 Å². The zero-order chi connectivity index (χ0) is 25.1. The molecule has 5 rings (SSSR count). The van der Waals surface area contributed by atoms with Crippen LogP contribution in [0.25, 0.3) is 0 Å². The molecule has 7 heteroatoms. The molecule has 3 aromatic rings. The summed E-state index contributed by atoms with van der Waals surface area (Å²) in [5, 5.41) is 0. The van der Waals surface area contributed by atoms with Crippen molar-refractivity contribution in [2.75, 3.05) is 13.7 Å². The van der Waals surface area contributed by atoms with Crippen LogP contribution in [-0.2, 0) is 22.4 Å². The Morgan fingerprint density at radius 2 is 1.53 bits per heavy atom. The summed E-state index contributed by atoms with van der Waals surface area (Å²) in [6.07, 6.45) is 3.76. The molecular weight excluding hydrogens is 454 g/mol. The second-order valence-corrected chi connectivity index (χ2v) is 9.67. The van der Waals surface area contributed by atoms with Crippen molar-refractivity contribution in [1.29, 1.82) is 0 Å². The van der Waals surface area contributed by atoms with Gasteiger partial charge in [-0.15, -0.1) is 0 Å². The van der Waals surface area contributed by atoms with Crippen LogP contribution in [0.5, 0.6) is 0 Å². The van der Waals surface area contributed by atoms with Crippen molar-refractivity contribution in [1.82, 2.24) is 14.5 Å². The first kappa shape index (κ1) is 24.3. The van der Waals surface area contributed by atoms with E-state index in [0.717, 1.165) is 36.8 Å². The second-order valence-electron chi connectivity index (χ2n) is 9.67. The Balaban J connectivity index is 1.40. The summed E-state index contributed by atoms with van der Waals surface area (Å²) in [7, 11) is 1.73. The molecule has 7 nitrogen and oxygen atoms in total. The Morgan fingerprint density at radius 3 is 2.11 bits per heavy atom. The summed E-state index contributed by atoms with van der Waals surface area (Å²) in [5.41, 5.74) is 3.36. The minimum atomic E-state index is -0.323. The van der Waals surface area contributed by atoms with E-state index in [1.165, 1.54) is 0 Å². The fraction of sp³-hybridized carbons (Fsp3) is 0.414. The Bertz CT molecular complexity index is 1210. The number of hydrogen-bond acceptors (Lipinski definition) is 5. The molecule has 1 saturated carbocycles. The lowest BCUT2D eigenvalue weighted by molar-refractivity contribution is 0.000677. The number of aromatic nitrogens is 2. The number of fused-ring (bicyclic) bond motifs is 1. The largest absolute Gasteiger partial charge is 0.446 e. The molecular formula is C29H33N3O4. The van der Waals surface area contributed by atoms with Gasteiger partial charge in [-0.25, -0.2) is 9.78 Å². The molecule has 2 aliphatic rings. The van der Waals surface area contributed by atoms with Gasteiger partial charge in [0.15, 0.2) is 0 Å². The molecule has 1 fully saturated rings. The van der Waals surface area contributed by atoms with Gasteiger partial charge < -0.3 is 14.4 Å². The Hall–Kier alpha value is -3.45. The van der Waals surface area contributed by atoms with Gasteiger partial charge in [0, 0.05) is 19.2 Å². The quantitative estimate of drug-likeness (QED) is 0.524. The third-order valence-corrected chi connectivity index (χ3v) is 7.41. The van der Waals surface area contributed by atoms with Gasteiger partial charge in [0.05, 0.1) is 24.4 Å². The Morgan fingerprint density at radius 1 is 0.944 bits per heavy atom. The fourth-order valence-corrected chi connectivity index (χ4v) is 5.45. The van der Waals surface area contributed by atoms with Crippen molar-refractivity contribution < 1.29 is 14.3 Å². The van der Waals surface area contributed by atoms with Gasteiger partial charge in [0.25, 0.3) is 5.56 Å². The van der Waals surface area contributed by atoms with Gasteiger partial charge in [-0.2, -0.15) is 0 Å². The normalized spacial score (nSPS) is 19.7. The van der Waals surface area contributed by atoms with E-state index >= 15 is 0 Å². The van der Waals surface area contributed by atoms with Gasteiger partial charge in [-0.3, -0.25) is 9.36 Å². The summed E-state index contributed by atoms with van der Waals surface area (Å²) >= 11 is 0. The Labute approximate surface area is 211 Å². The van der Waals surface area contributed by atoms with Crippen LogP contribution in [0.4, 0.5) is 4.79 Å². The SMILES string of the molecule is CO[C@H]1CC[C@@H](OC(=O)N2CCc3c(nc(C)n(C(c4ccccc4)c4ccccc4)c3=O)C2)CC1. The first-order valence-corrected chi connectivity index (χ1v) is 12.7. The molecule has 0 bridgehead atoms. The summed E-state index contributed by atoms with van der Waals surface area (Å²) in [5.74, 6) is 0.629. The maximum atomic E-state index is 13.9. The first-order chi connectivity index (χ1) is 17.5.